The van der Waals surface area contributed by atoms with Crippen molar-refractivity contribution in [1.82, 2.24) is 0 Å². The number of amides is 1. The summed E-state index contributed by atoms with van der Waals surface area (Å²) in [5, 5.41) is 12.6. The fourth-order valence-corrected chi connectivity index (χ4v) is 4.70. The number of Topliss-reactive ketones (excluding diaryl/α,β-unsaturated/α-hetero) is 1. The Bertz CT molecular complexity index is 1280. The van der Waals surface area contributed by atoms with Crippen LogP contribution in [0.3, 0.4) is 0 Å². The molecule has 2 aliphatic heterocycles. The molecule has 0 aliphatic carbocycles. The molecular formula is C24H19NO7S. The molecule has 0 spiro atoms. The molecule has 2 aromatic carbocycles. The predicted octanol–water partition coefficient (Wildman–Crippen LogP) is 4.28. The number of rotatable bonds is 6. The third kappa shape index (κ3) is 3.37. The maximum Gasteiger partial charge on any atom is 0.294 e. The summed E-state index contributed by atoms with van der Waals surface area (Å²) < 4.78 is 21.6. The molecule has 2 aliphatic rings. The van der Waals surface area contributed by atoms with E-state index in [1.54, 1.807) is 53.9 Å². The summed E-state index contributed by atoms with van der Waals surface area (Å²) in [7, 11) is 3.02. The van der Waals surface area contributed by atoms with Gasteiger partial charge in [-0.25, -0.2) is 0 Å². The highest BCUT2D eigenvalue weighted by Crippen LogP contribution is 2.46. The second-order valence-electron chi connectivity index (χ2n) is 7.30. The van der Waals surface area contributed by atoms with Gasteiger partial charge >= 0.3 is 0 Å². The fraction of sp³-hybridized carbons (Fsp3) is 0.167. The first-order valence-corrected chi connectivity index (χ1v) is 10.9. The number of benzene rings is 2. The minimum absolute atomic E-state index is 0.00710. The molecule has 0 fully saturated rings. The number of anilines is 1. The number of hydrogen-bond acceptors (Lipinski definition) is 8. The number of hydrogen-bond donors (Lipinski definition) is 1. The number of methoxy groups -OCH3 is 2. The van der Waals surface area contributed by atoms with E-state index in [1.807, 2.05) is 0 Å². The van der Waals surface area contributed by atoms with Gasteiger partial charge in [-0.15, -0.1) is 11.3 Å². The first kappa shape index (κ1) is 20.9. The SMILES string of the molecule is COc1ccc(C2C(C(=O)c3cccs3)=C(O)C(=O)N2c2ccc3c(c2)OCO3)cc1OC. The van der Waals surface area contributed by atoms with Crippen molar-refractivity contribution < 1.29 is 33.6 Å². The van der Waals surface area contributed by atoms with Gasteiger partial charge in [-0.1, -0.05) is 12.1 Å². The Morgan fingerprint density at radius 3 is 2.58 bits per heavy atom. The number of carbonyl (C=O) groups excluding carboxylic acids is 2. The molecule has 0 radical (unpaired) electrons. The summed E-state index contributed by atoms with van der Waals surface area (Å²) in [5.74, 6) is 0.268. The van der Waals surface area contributed by atoms with Crippen LogP contribution in [-0.4, -0.2) is 37.8 Å². The number of ether oxygens (including phenoxy) is 4. The van der Waals surface area contributed by atoms with Gasteiger partial charge in [0.15, 0.2) is 28.8 Å². The molecule has 0 saturated heterocycles. The number of aliphatic hydroxyl groups excluding tert-OH is 1. The zero-order valence-electron chi connectivity index (χ0n) is 17.7. The van der Waals surface area contributed by atoms with Crippen molar-refractivity contribution >= 4 is 28.7 Å². The van der Waals surface area contributed by atoms with Crippen LogP contribution in [0.5, 0.6) is 23.0 Å². The number of thiophene rings is 1. The van der Waals surface area contributed by atoms with Crippen LogP contribution < -0.4 is 23.8 Å². The van der Waals surface area contributed by atoms with Gasteiger partial charge in [-0.05, 0) is 41.3 Å². The van der Waals surface area contributed by atoms with E-state index >= 15 is 0 Å². The normalized spacial score (nSPS) is 17.0. The van der Waals surface area contributed by atoms with Gasteiger partial charge in [0.2, 0.25) is 12.6 Å². The van der Waals surface area contributed by atoms with Crippen molar-refractivity contribution in [2.45, 2.75) is 6.04 Å². The molecule has 1 atom stereocenters. The Hall–Kier alpha value is -3.98. The highest BCUT2D eigenvalue weighted by Gasteiger charge is 2.45. The predicted molar refractivity (Wildman–Crippen MR) is 121 cm³/mol. The van der Waals surface area contributed by atoms with Crippen LogP contribution in [0.4, 0.5) is 5.69 Å². The number of aliphatic hydroxyl groups is 1. The van der Waals surface area contributed by atoms with Gasteiger partial charge in [0.05, 0.1) is 30.7 Å². The monoisotopic (exact) mass is 465 g/mol. The lowest BCUT2D eigenvalue weighted by atomic mass is 9.94. The Morgan fingerprint density at radius 1 is 1.06 bits per heavy atom. The van der Waals surface area contributed by atoms with E-state index in [-0.39, 0.29) is 12.4 Å². The lowest BCUT2D eigenvalue weighted by Gasteiger charge is -2.27. The lowest BCUT2D eigenvalue weighted by Crippen LogP contribution is -2.31. The summed E-state index contributed by atoms with van der Waals surface area (Å²) >= 11 is 1.24. The van der Waals surface area contributed by atoms with Crippen molar-refractivity contribution in [1.29, 1.82) is 0 Å². The maximum absolute atomic E-state index is 13.4. The van der Waals surface area contributed by atoms with Crippen molar-refractivity contribution in [3.8, 4) is 23.0 Å². The van der Waals surface area contributed by atoms with Crippen LogP contribution in [0.15, 0.2) is 65.2 Å². The molecule has 33 heavy (non-hydrogen) atoms. The van der Waals surface area contributed by atoms with Gasteiger partial charge in [0.25, 0.3) is 5.91 Å². The zero-order chi connectivity index (χ0) is 23.1. The van der Waals surface area contributed by atoms with E-state index in [2.05, 4.69) is 0 Å². The van der Waals surface area contributed by atoms with Gasteiger partial charge in [-0.2, -0.15) is 0 Å². The summed E-state index contributed by atoms with van der Waals surface area (Å²) in [6.45, 7) is 0.0808. The van der Waals surface area contributed by atoms with Crippen LogP contribution in [-0.2, 0) is 4.79 Å². The molecule has 1 N–H and O–H groups in total. The molecule has 5 rings (SSSR count). The standard InChI is InChI=1S/C24H19NO7S/c1-29-15-7-5-13(10-17(15)30-2)21-20(22(26)19-4-3-9-33-19)23(27)24(28)25(21)14-6-8-16-18(11-14)32-12-31-16/h3-11,21,27H,12H2,1-2H3. The van der Waals surface area contributed by atoms with Crippen LogP contribution in [0.1, 0.15) is 21.3 Å². The maximum atomic E-state index is 13.4. The summed E-state index contributed by atoms with van der Waals surface area (Å²) in [6, 6.07) is 12.7. The number of fused-ring (bicyclic) bond motifs is 1. The van der Waals surface area contributed by atoms with Crippen LogP contribution in [0, 0.1) is 0 Å². The van der Waals surface area contributed by atoms with E-state index in [9.17, 15) is 14.7 Å². The summed E-state index contributed by atoms with van der Waals surface area (Å²) in [5.41, 5.74) is 1.01. The molecule has 9 heteroatoms. The summed E-state index contributed by atoms with van der Waals surface area (Å²) in [4.78, 5) is 28.5. The Kier molecular flexibility index (Phi) is 5.18. The molecule has 8 nitrogen and oxygen atoms in total. The average molecular weight is 465 g/mol. The fourth-order valence-electron chi connectivity index (χ4n) is 4.02. The molecule has 1 amide bonds. The van der Waals surface area contributed by atoms with E-state index in [1.165, 1.54) is 30.5 Å². The average Bonchev–Trinajstić information content (AvgIpc) is 3.58. The molecule has 3 heterocycles. The highest BCUT2D eigenvalue weighted by atomic mass is 32.1. The quantitative estimate of drug-likeness (QED) is 0.543. The number of ketones is 1. The van der Waals surface area contributed by atoms with Gasteiger partial charge in [0, 0.05) is 11.8 Å². The number of carbonyl (C=O) groups is 2. The minimum Gasteiger partial charge on any atom is -0.503 e. The van der Waals surface area contributed by atoms with Crippen molar-refractivity contribution in [2.24, 2.45) is 0 Å². The molecule has 168 valence electrons. The molecule has 0 saturated carbocycles. The van der Waals surface area contributed by atoms with Gasteiger partial charge in [-0.3, -0.25) is 14.5 Å². The lowest BCUT2D eigenvalue weighted by molar-refractivity contribution is -0.117. The van der Waals surface area contributed by atoms with Crippen molar-refractivity contribution in [3.05, 3.63) is 75.7 Å². The topological polar surface area (TPSA) is 94.5 Å². The molecular weight excluding hydrogens is 446 g/mol. The van der Waals surface area contributed by atoms with E-state index in [4.69, 9.17) is 18.9 Å². The smallest absolute Gasteiger partial charge is 0.294 e. The van der Waals surface area contributed by atoms with E-state index in [0.29, 0.717) is 39.1 Å². The van der Waals surface area contributed by atoms with Crippen molar-refractivity contribution in [2.75, 3.05) is 25.9 Å². The largest absolute Gasteiger partial charge is 0.503 e. The number of nitrogens with zero attached hydrogens (tertiary/aromatic N) is 1. The van der Waals surface area contributed by atoms with Crippen molar-refractivity contribution in [3.63, 3.8) is 0 Å². The van der Waals surface area contributed by atoms with Crippen LogP contribution in [0.25, 0.3) is 0 Å². The second-order valence-corrected chi connectivity index (χ2v) is 8.25. The second kappa shape index (κ2) is 8.18. The van der Waals surface area contributed by atoms with Gasteiger partial charge in [0.1, 0.15) is 0 Å². The highest BCUT2D eigenvalue weighted by molar-refractivity contribution is 7.12. The Balaban J connectivity index is 1.67. The minimum atomic E-state index is -0.896. The Morgan fingerprint density at radius 2 is 1.85 bits per heavy atom. The van der Waals surface area contributed by atoms with Crippen LogP contribution in [0.2, 0.25) is 0 Å². The third-order valence-corrected chi connectivity index (χ3v) is 6.42. The van der Waals surface area contributed by atoms with Gasteiger partial charge < -0.3 is 24.1 Å². The van der Waals surface area contributed by atoms with Crippen LogP contribution >= 0.6 is 11.3 Å². The summed E-state index contributed by atoms with van der Waals surface area (Å²) in [6.07, 6.45) is 0. The first-order chi connectivity index (χ1) is 16.0. The first-order valence-electron chi connectivity index (χ1n) is 10.00. The molecule has 1 unspecified atom stereocenters. The molecule has 3 aromatic rings. The molecule has 1 aromatic heterocycles. The third-order valence-electron chi connectivity index (χ3n) is 5.56. The zero-order valence-corrected chi connectivity index (χ0v) is 18.5. The van der Waals surface area contributed by atoms with E-state index < -0.39 is 23.5 Å². The van der Waals surface area contributed by atoms with E-state index in [0.717, 1.165) is 0 Å². The molecule has 0 bridgehead atoms. The Labute approximate surface area is 193 Å².